The topological polar surface area (TPSA) is 55.3 Å². The molecular formula is C21H21N3O2S. The Morgan fingerprint density at radius 1 is 1.11 bits per heavy atom. The number of ether oxygens (including phenoxy) is 1. The number of carbonyl (C=O) groups is 1. The van der Waals surface area contributed by atoms with Gasteiger partial charge in [-0.05, 0) is 12.1 Å². The molecule has 0 radical (unpaired) electrons. The van der Waals surface area contributed by atoms with Gasteiger partial charge in [0.25, 0.3) is 0 Å². The predicted molar refractivity (Wildman–Crippen MR) is 106 cm³/mol. The van der Waals surface area contributed by atoms with Crippen LogP contribution in [0.4, 0.5) is 0 Å². The number of aromatic nitrogens is 2. The summed E-state index contributed by atoms with van der Waals surface area (Å²) in [6.07, 6.45) is 7.56. The Kier molecular flexibility index (Phi) is 5.44. The molecule has 1 saturated heterocycles. The van der Waals surface area contributed by atoms with Crippen LogP contribution in [0.5, 0.6) is 5.75 Å². The van der Waals surface area contributed by atoms with Crippen LogP contribution in [-0.2, 0) is 11.2 Å². The van der Waals surface area contributed by atoms with Gasteiger partial charge in [-0.3, -0.25) is 9.78 Å². The van der Waals surface area contributed by atoms with Crippen molar-refractivity contribution in [3.05, 3.63) is 65.9 Å². The molecule has 1 aliphatic heterocycles. The number of hydrogen-bond donors (Lipinski definition) is 0. The minimum atomic E-state index is 0.157. The Labute approximate surface area is 162 Å². The van der Waals surface area contributed by atoms with Gasteiger partial charge in [0.1, 0.15) is 16.9 Å². The zero-order valence-corrected chi connectivity index (χ0v) is 15.8. The molecule has 1 aliphatic rings. The summed E-state index contributed by atoms with van der Waals surface area (Å²) in [7, 11) is 0. The summed E-state index contributed by atoms with van der Waals surface area (Å²) in [5.41, 5.74) is 1.09. The molecule has 27 heavy (non-hydrogen) atoms. The number of hydrogen-bond acceptors (Lipinski definition) is 5. The molecule has 0 bridgehead atoms. The molecule has 5 nitrogen and oxygen atoms in total. The molecule has 0 atom stereocenters. The van der Waals surface area contributed by atoms with Crippen molar-refractivity contribution in [2.45, 2.75) is 25.4 Å². The second-order valence-electron chi connectivity index (χ2n) is 6.56. The van der Waals surface area contributed by atoms with Gasteiger partial charge >= 0.3 is 0 Å². The zero-order chi connectivity index (χ0) is 18.5. The van der Waals surface area contributed by atoms with Crippen LogP contribution in [0, 0.1) is 0 Å². The van der Waals surface area contributed by atoms with Crippen molar-refractivity contribution in [3.8, 4) is 16.3 Å². The van der Waals surface area contributed by atoms with Gasteiger partial charge in [-0.25, -0.2) is 4.98 Å². The van der Waals surface area contributed by atoms with Gasteiger partial charge in [0.2, 0.25) is 5.91 Å². The average Bonchev–Trinajstić information content (AvgIpc) is 3.18. The monoisotopic (exact) mass is 379 g/mol. The maximum absolute atomic E-state index is 12.6. The van der Waals surface area contributed by atoms with Crippen LogP contribution in [-0.4, -0.2) is 40.0 Å². The van der Waals surface area contributed by atoms with E-state index in [1.165, 1.54) is 0 Å². The molecule has 2 aromatic heterocycles. The highest BCUT2D eigenvalue weighted by Gasteiger charge is 2.24. The second-order valence-corrected chi connectivity index (χ2v) is 7.67. The SMILES string of the molecule is O=C(Cc1cnc(-c2ccccc2)s1)N1CCC(Oc2ccncc2)CC1. The number of rotatable bonds is 5. The molecule has 0 aliphatic carbocycles. The third kappa shape index (κ3) is 4.52. The molecule has 0 unspecified atom stereocenters. The molecule has 1 amide bonds. The van der Waals surface area contributed by atoms with E-state index in [1.807, 2.05) is 53.6 Å². The molecule has 6 heteroatoms. The fourth-order valence-corrected chi connectivity index (χ4v) is 4.11. The number of nitrogens with zero attached hydrogens (tertiary/aromatic N) is 3. The van der Waals surface area contributed by atoms with Crippen LogP contribution in [0.15, 0.2) is 61.1 Å². The maximum atomic E-state index is 12.6. The van der Waals surface area contributed by atoms with E-state index in [1.54, 1.807) is 23.7 Å². The van der Waals surface area contributed by atoms with Gasteiger partial charge in [0.05, 0.1) is 6.42 Å². The van der Waals surface area contributed by atoms with Crippen LogP contribution in [0.25, 0.3) is 10.6 Å². The Morgan fingerprint density at radius 3 is 2.59 bits per heavy atom. The Balaban J connectivity index is 1.29. The van der Waals surface area contributed by atoms with Gasteiger partial charge in [0.15, 0.2) is 0 Å². The van der Waals surface area contributed by atoms with E-state index in [2.05, 4.69) is 9.97 Å². The molecule has 3 heterocycles. The first-order valence-electron chi connectivity index (χ1n) is 9.12. The molecular weight excluding hydrogens is 358 g/mol. The molecule has 138 valence electrons. The highest BCUT2D eigenvalue weighted by molar-refractivity contribution is 7.15. The minimum Gasteiger partial charge on any atom is -0.490 e. The fourth-order valence-electron chi connectivity index (χ4n) is 3.20. The molecule has 3 aromatic rings. The van der Waals surface area contributed by atoms with Crippen molar-refractivity contribution >= 4 is 17.2 Å². The summed E-state index contributed by atoms with van der Waals surface area (Å²) >= 11 is 1.59. The largest absolute Gasteiger partial charge is 0.490 e. The summed E-state index contributed by atoms with van der Waals surface area (Å²) in [6.45, 7) is 1.47. The lowest BCUT2D eigenvalue weighted by molar-refractivity contribution is -0.132. The lowest BCUT2D eigenvalue weighted by Gasteiger charge is -2.32. The highest BCUT2D eigenvalue weighted by Crippen LogP contribution is 2.26. The Hall–Kier alpha value is -2.73. The van der Waals surface area contributed by atoms with E-state index in [0.29, 0.717) is 6.42 Å². The number of thiazole rings is 1. The van der Waals surface area contributed by atoms with Crippen molar-refractivity contribution in [3.63, 3.8) is 0 Å². The zero-order valence-electron chi connectivity index (χ0n) is 15.0. The summed E-state index contributed by atoms with van der Waals surface area (Å²) in [6, 6.07) is 13.8. The Morgan fingerprint density at radius 2 is 1.85 bits per heavy atom. The average molecular weight is 379 g/mol. The number of likely N-dealkylation sites (tertiary alicyclic amines) is 1. The smallest absolute Gasteiger partial charge is 0.227 e. The third-order valence-electron chi connectivity index (χ3n) is 4.65. The van der Waals surface area contributed by atoms with E-state index in [-0.39, 0.29) is 12.0 Å². The van der Waals surface area contributed by atoms with E-state index in [0.717, 1.165) is 47.1 Å². The van der Waals surface area contributed by atoms with Crippen LogP contribution >= 0.6 is 11.3 Å². The first kappa shape index (κ1) is 17.7. The number of benzene rings is 1. The number of carbonyl (C=O) groups excluding carboxylic acids is 1. The first-order chi connectivity index (χ1) is 13.3. The third-order valence-corrected chi connectivity index (χ3v) is 5.69. The van der Waals surface area contributed by atoms with Gasteiger partial charge < -0.3 is 9.64 Å². The van der Waals surface area contributed by atoms with Gasteiger partial charge in [-0.2, -0.15) is 0 Å². The van der Waals surface area contributed by atoms with Gasteiger partial charge in [-0.1, -0.05) is 30.3 Å². The summed E-state index contributed by atoms with van der Waals surface area (Å²) in [5, 5.41) is 0.961. The minimum absolute atomic E-state index is 0.157. The second kappa shape index (κ2) is 8.31. The predicted octanol–water partition coefficient (Wildman–Crippen LogP) is 3.82. The van der Waals surface area contributed by atoms with Crippen molar-refractivity contribution < 1.29 is 9.53 Å². The van der Waals surface area contributed by atoms with Crippen molar-refractivity contribution in [2.24, 2.45) is 0 Å². The van der Waals surface area contributed by atoms with Crippen LogP contribution in [0.1, 0.15) is 17.7 Å². The van der Waals surface area contributed by atoms with Gasteiger partial charge in [-0.15, -0.1) is 11.3 Å². The summed E-state index contributed by atoms with van der Waals surface area (Å²) in [5.74, 6) is 1.01. The standard InChI is InChI=1S/C21H21N3O2S/c25-20(14-19-15-23-21(27-19)16-4-2-1-3-5-16)24-12-8-18(9-13-24)26-17-6-10-22-11-7-17/h1-7,10-11,15,18H,8-9,12-14H2. The van der Waals surface area contributed by atoms with Crippen LogP contribution in [0.3, 0.4) is 0 Å². The lowest BCUT2D eigenvalue weighted by atomic mass is 10.1. The fraction of sp³-hybridized carbons (Fsp3) is 0.286. The normalized spacial score (nSPS) is 14.9. The summed E-state index contributed by atoms with van der Waals surface area (Å²) < 4.78 is 5.97. The van der Waals surface area contributed by atoms with Crippen molar-refractivity contribution in [1.82, 2.24) is 14.9 Å². The lowest BCUT2D eigenvalue weighted by Crippen LogP contribution is -2.42. The number of pyridine rings is 1. The molecule has 1 aromatic carbocycles. The quantitative estimate of drug-likeness (QED) is 0.676. The molecule has 4 rings (SSSR count). The van der Waals surface area contributed by atoms with E-state index in [9.17, 15) is 4.79 Å². The van der Waals surface area contributed by atoms with Crippen molar-refractivity contribution in [1.29, 1.82) is 0 Å². The number of amides is 1. The van der Waals surface area contributed by atoms with Crippen molar-refractivity contribution in [2.75, 3.05) is 13.1 Å². The number of piperidine rings is 1. The van der Waals surface area contributed by atoms with E-state index < -0.39 is 0 Å². The Bertz CT molecular complexity index is 875. The van der Waals surface area contributed by atoms with Gasteiger partial charge in [0, 0.05) is 55.0 Å². The van der Waals surface area contributed by atoms with Crippen LogP contribution < -0.4 is 4.74 Å². The molecule has 0 saturated carbocycles. The first-order valence-corrected chi connectivity index (χ1v) is 9.94. The van der Waals surface area contributed by atoms with E-state index >= 15 is 0 Å². The highest BCUT2D eigenvalue weighted by atomic mass is 32.1. The molecule has 0 N–H and O–H groups in total. The van der Waals surface area contributed by atoms with E-state index in [4.69, 9.17) is 4.74 Å². The molecule has 1 fully saturated rings. The molecule has 0 spiro atoms. The van der Waals surface area contributed by atoms with Crippen LogP contribution in [0.2, 0.25) is 0 Å². The summed E-state index contributed by atoms with van der Waals surface area (Å²) in [4.78, 5) is 24.0. The maximum Gasteiger partial charge on any atom is 0.227 e.